The second-order valence-corrected chi connectivity index (χ2v) is 7.13. The number of benzene rings is 1. The highest BCUT2D eigenvalue weighted by Crippen LogP contribution is 2.25. The van der Waals surface area contributed by atoms with E-state index in [4.69, 9.17) is 11.5 Å². The largest absolute Gasteiger partial charge is 0.365 e. The third kappa shape index (κ3) is 4.09. The Kier molecular flexibility index (Phi) is 5.22. The van der Waals surface area contributed by atoms with Crippen molar-refractivity contribution in [2.24, 2.45) is 11.5 Å². The average Bonchev–Trinajstić information content (AvgIpc) is 2.71. The lowest BCUT2D eigenvalue weighted by atomic mass is 9.89. The van der Waals surface area contributed by atoms with Crippen LogP contribution in [-0.4, -0.2) is 39.1 Å². The number of alkyl halides is 1. The molecule has 1 fully saturated rings. The van der Waals surface area contributed by atoms with Gasteiger partial charge in [0.2, 0.25) is 5.95 Å². The van der Waals surface area contributed by atoms with Gasteiger partial charge in [0.1, 0.15) is 17.6 Å². The predicted octanol–water partition coefficient (Wildman–Crippen LogP) is 2.50. The van der Waals surface area contributed by atoms with Gasteiger partial charge in [-0.2, -0.15) is 4.98 Å². The molecule has 0 radical (unpaired) electrons. The van der Waals surface area contributed by atoms with Crippen molar-refractivity contribution in [3.05, 3.63) is 48.3 Å². The summed E-state index contributed by atoms with van der Waals surface area (Å²) in [6.07, 6.45) is 3.94. The van der Waals surface area contributed by atoms with Gasteiger partial charge in [0.25, 0.3) is 5.91 Å². The number of halogens is 1. The minimum absolute atomic E-state index is 0.151. The molecule has 0 aliphatic heterocycles. The van der Waals surface area contributed by atoms with Gasteiger partial charge in [-0.25, -0.2) is 9.37 Å². The Hall–Kier alpha value is -3.33. The lowest BCUT2D eigenvalue weighted by Gasteiger charge is -2.32. The number of fused-ring (bicyclic) bond motifs is 1. The standard InChI is InChI=1S/C20H22FN7O/c21-14-4-1-5-16(17(14)22)27-20-25-10-13(18(23)29)19(28-20)26-12-6-7-15-11(9-12)3-2-8-24-15/h2-3,6-10,14,16-17H,1,4-5,22H2,(H2,23,29)(H2,25,26,27,28)/t14-,16+,17-/m0/s1. The fourth-order valence-electron chi connectivity index (χ4n) is 3.52. The van der Waals surface area contributed by atoms with Gasteiger partial charge in [-0.1, -0.05) is 6.07 Å². The summed E-state index contributed by atoms with van der Waals surface area (Å²) < 4.78 is 13.9. The van der Waals surface area contributed by atoms with Gasteiger partial charge in [-0.15, -0.1) is 0 Å². The molecule has 1 amide bonds. The molecule has 6 N–H and O–H groups in total. The van der Waals surface area contributed by atoms with Crippen LogP contribution in [0.5, 0.6) is 0 Å². The number of nitrogens with one attached hydrogen (secondary N) is 2. The number of primary amides is 1. The van der Waals surface area contributed by atoms with Gasteiger partial charge in [0.05, 0.1) is 11.6 Å². The highest BCUT2D eigenvalue weighted by molar-refractivity contribution is 5.98. The van der Waals surface area contributed by atoms with Crippen molar-refractivity contribution in [2.75, 3.05) is 10.6 Å². The number of carbonyl (C=O) groups excluding carboxylic acids is 1. The van der Waals surface area contributed by atoms with E-state index in [0.29, 0.717) is 6.42 Å². The van der Waals surface area contributed by atoms with E-state index in [2.05, 4.69) is 25.6 Å². The second-order valence-electron chi connectivity index (χ2n) is 7.13. The molecule has 2 heterocycles. The number of rotatable bonds is 5. The van der Waals surface area contributed by atoms with Gasteiger partial charge in [-0.05, 0) is 43.5 Å². The summed E-state index contributed by atoms with van der Waals surface area (Å²) in [6.45, 7) is 0. The van der Waals surface area contributed by atoms with Crippen molar-refractivity contribution < 1.29 is 9.18 Å². The van der Waals surface area contributed by atoms with Crippen LogP contribution in [0, 0.1) is 0 Å². The summed E-state index contributed by atoms with van der Waals surface area (Å²) in [6, 6.07) is 8.47. The van der Waals surface area contributed by atoms with Crippen molar-refractivity contribution in [3.8, 4) is 0 Å². The summed E-state index contributed by atoms with van der Waals surface area (Å²) in [5.74, 6) is -0.131. The summed E-state index contributed by atoms with van der Waals surface area (Å²) >= 11 is 0. The molecule has 0 bridgehead atoms. The first-order valence-corrected chi connectivity index (χ1v) is 9.46. The first-order chi connectivity index (χ1) is 14.0. The molecule has 29 heavy (non-hydrogen) atoms. The highest BCUT2D eigenvalue weighted by Gasteiger charge is 2.31. The van der Waals surface area contributed by atoms with E-state index in [1.54, 1.807) is 6.20 Å². The van der Waals surface area contributed by atoms with E-state index in [1.165, 1.54) is 6.20 Å². The van der Waals surface area contributed by atoms with Crippen molar-refractivity contribution in [2.45, 2.75) is 37.5 Å². The van der Waals surface area contributed by atoms with E-state index >= 15 is 0 Å². The Bertz CT molecular complexity index is 1040. The van der Waals surface area contributed by atoms with Gasteiger partial charge in [0, 0.05) is 29.5 Å². The van der Waals surface area contributed by atoms with Crippen LogP contribution in [0.1, 0.15) is 29.6 Å². The van der Waals surface area contributed by atoms with Crippen LogP contribution >= 0.6 is 0 Å². The quantitative estimate of drug-likeness (QED) is 0.522. The zero-order chi connectivity index (χ0) is 20.4. The minimum atomic E-state index is -1.06. The fraction of sp³-hybridized carbons (Fsp3) is 0.300. The molecular formula is C20H22FN7O. The monoisotopic (exact) mass is 395 g/mol. The average molecular weight is 395 g/mol. The predicted molar refractivity (Wildman–Crippen MR) is 110 cm³/mol. The SMILES string of the molecule is NC(=O)c1cnc(N[C@@H]2CCC[C@H](F)[C@@H]2N)nc1Nc1ccc2ncccc2c1. The molecule has 0 saturated heterocycles. The maximum absolute atomic E-state index is 13.9. The number of pyridine rings is 1. The number of anilines is 3. The first kappa shape index (κ1) is 19.0. The molecule has 2 aromatic heterocycles. The lowest BCUT2D eigenvalue weighted by molar-refractivity contribution is 0.100. The summed E-state index contributed by atoms with van der Waals surface area (Å²) in [5, 5.41) is 7.15. The van der Waals surface area contributed by atoms with Gasteiger partial charge < -0.3 is 22.1 Å². The van der Waals surface area contributed by atoms with Crippen LogP contribution in [0.4, 0.5) is 21.8 Å². The molecule has 3 aromatic rings. The van der Waals surface area contributed by atoms with Crippen molar-refractivity contribution in [1.29, 1.82) is 0 Å². The molecule has 4 rings (SSSR count). The normalized spacial score (nSPS) is 21.7. The van der Waals surface area contributed by atoms with Crippen molar-refractivity contribution in [3.63, 3.8) is 0 Å². The molecule has 8 nitrogen and oxygen atoms in total. The number of hydrogen-bond acceptors (Lipinski definition) is 7. The van der Waals surface area contributed by atoms with Crippen LogP contribution < -0.4 is 22.1 Å². The molecule has 3 atom stereocenters. The van der Waals surface area contributed by atoms with E-state index in [0.717, 1.165) is 29.4 Å². The maximum Gasteiger partial charge on any atom is 0.254 e. The topological polar surface area (TPSA) is 132 Å². The molecule has 9 heteroatoms. The summed E-state index contributed by atoms with van der Waals surface area (Å²) in [5.41, 5.74) is 13.2. The molecule has 1 aliphatic rings. The van der Waals surface area contributed by atoms with Crippen LogP contribution in [0.25, 0.3) is 10.9 Å². The van der Waals surface area contributed by atoms with Crippen molar-refractivity contribution >= 4 is 34.3 Å². The molecule has 1 saturated carbocycles. The Morgan fingerprint density at radius 1 is 1.21 bits per heavy atom. The number of amides is 1. The number of nitrogens with two attached hydrogens (primary N) is 2. The fourth-order valence-corrected chi connectivity index (χ4v) is 3.52. The molecule has 1 aliphatic carbocycles. The van der Waals surface area contributed by atoms with Crippen LogP contribution in [0.2, 0.25) is 0 Å². The van der Waals surface area contributed by atoms with Crippen LogP contribution in [-0.2, 0) is 0 Å². The zero-order valence-electron chi connectivity index (χ0n) is 15.7. The van der Waals surface area contributed by atoms with Gasteiger partial charge in [-0.3, -0.25) is 9.78 Å². The molecule has 0 spiro atoms. The van der Waals surface area contributed by atoms with E-state index in [9.17, 15) is 9.18 Å². The number of hydrogen-bond donors (Lipinski definition) is 4. The van der Waals surface area contributed by atoms with E-state index in [-0.39, 0.29) is 23.4 Å². The van der Waals surface area contributed by atoms with Gasteiger partial charge in [0.15, 0.2) is 0 Å². The third-order valence-corrected chi connectivity index (χ3v) is 5.11. The van der Waals surface area contributed by atoms with E-state index in [1.807, 2.05) is 30.3 Å². The van der Waals surface area contributed by atoms with Crippen LogP contribution in [0.15, 0.2) is 42.7 Å². The number of aromatic nitrogens is 3. The Morgan fingerprint density at radius 3 is 2.90 bits per heavy atom. The number of carbonyl (C=O) groups is 1. The minimum Gasteiger partial charge on any atom is -0.365 e. The Morgan fingerprint density at radius 2 is 2.07 bits per heavy atom. The zero-order valence-corrected chi connectivity index (χ0v) is 15.7. The summed E-state index contributed by atoms with van der Waals surface area (Å²) in [4.78, 5) is 24.7. The first-order valence-electron chi connectivity index (χ1n) is 9.46. The van der Waals surface area contributed by atoms with E-state index < -0.39 is 18.1 Å². The molecule has 150 valence electrons. The number of nitrogens with zero attached hydrogens (tertiary/aromatic N) is 3. The Balaban J connectivity index is 1.61. The highest BCUT2D eigenvalue weighted by atomic mass is 19.1. The smallest absolute Gasteiger partial charge is 0.254 e. The summed E-state index contributed by atoms with van der Waals surface area (Å²) in [7, 11) is 0. The Labute approximate surface area is 166 Å². The van der Waals surface area contributed by atoms with Gasteiger partial charge >= 0.3 is 0 Å². The molecule has 1 aromatic carbocycles. The molecular weight excluding hydrogens is 373 g/mol. The second kappa shape index (κ2) is 7.96. The third-order valence-electron chi connectivity index (χ3n) is 5.11. The lowest BCUT2D eigenvalue weighted by Crippen LogP contribution is -2.49. The van der Waals surface area contributed by atoms with Crippen molar-refractivity contribution in [1.82, 2.24) is 15.0 Å². The van der Waals surface area contributed by atoms with Crippen LogP contribution in [0.3, 0.4) is 0 Å². The maximum atomic E-state index is 13.9. The molecule has 0 unspecified atom stereocenters.